The van der Waals surface area contributed by atoms with Crippen molar-refractivity contribution in [1.29, 1.82) is 0 Å². The Balaban J connectivity index is 4.02. The molecule has 0 bridgehead atoms. The van der Waals surface area contributed by atoms with Crippen molar-refractivity contribution < 1.29 is 42.9 Å². The number of aliphatic carboxylic acids is 1. The zero-order chi connectivity index (χ0) is 67.5. The highest BCUT2D eigenvalue weighted by atomic mass is 16.7. The average molecular weight is 1300 g/mol. The van der Waals surface area contributed by atoms with Crippen LogP contribution in [0.3, 0.4) is 0 Å². The maximum absolute atomic E-state index is 13.0. The van der Waals surface area contributed by atoms with Gasteiger partial charge in [-0.1, -0.05) is 341 Å². The molecule has 0 aromatic rings. The number of carboxylic acid groups (broad SMARTS) is 1. The van der Waals surface area contributed by atoms with Crippen molar-refractivity contribution in [2.75, 3.05) is 47.5 Å². The number of esters is 2. The number of unbranched alkanes of at least 4 members (excludes halogenated alkanes) is 36. The summed E-state index contributed by atoms with van der Waals surface area (Å²) in [4.78, 5) is 37.7. The second kappa shape index (κ2) is 73.5. The van der Waals surface area contributed by atoms with Crippen LogP contribution in [-0.2, 0) is 33.3 Å². The predicted octanol–water partition coefficient (Wildman–Crippen LogP) is 24.7. The van der Waals surface area contributed by atoms with E-state index in [1.165, 1.54) is 205 Å². The fourth-order valence-electron chi connectivity index (χ4n) is 10.9. The second-order valence-electron chi connectivity index (χ2n) is 26.9. The molecule has 9 heteroatoms. The minimum absolute atomic E-state index is 0.183. The molecule has 0 spiro atoms. The smallest absolute Gasteiger partial charge is 0.361 e. The van der Waals surface area contributed by atoms with E-state index in [1.54, 1.807) is 0 Å². The number of allylic oxidation sites excluding steroid dienone is 20. The molecule has 0 radical (unpaired) electrons. The zero-order valence-corrected chi connectivity index (χ0v) is 61.1. The molecule has 0 fully saturated rings. The van der Waals surface area contributed by atoms with Crippen molar-refractivity contribution in [3.05, 3.63) is 122 Å². The Morgan fingerprint density at radius 2 is 0.581 bits per heavy atom. The van der Waals surface area contributed by atoms with Crippen LogP contribution in [0.2, 0.25) is 0 Å². The molecule has 93 heavy (non-hydrogen) atoms. The summed E-state index contributed by atoms with van der Waals surface area (Å²) < 4.78 is 23.0. The highest BCUT2D eigenvalue weighted by Gasteiger charge is 2.25. The van der Waals surface area contributed by atoms with E-state index >= 15 is 0 Å². The number of carboxylic acids is 1. The van der Waals surface area contributed by atoms with Crippen LogP contribution in [0.1, 0.15) is 335 Å². The molecule has 0 aliphatic heterocycles. The molecule has 0 amide bonds. The normalized spacial score (nSPS) is 13.3. The SMILES string of the molecule is CC/C=C\C/C=C\C/C=C\C/C=C\C/C=C\C/C=C\CCCCCCCCCCCCCCCCCCCCCCC(=O)OC(COC(=O)CCCCCCCCCCCCCCCCCC/C=C\C/C=C\C/C=C\C/C=C\CC)COC(OCC[N+](C)(C)C)C(=O)O. The van der Waals surface area contributed by atoms with Gasteiger partial charge in [0.2, 0.25) is 0 Å². The highest BCUT2D eigenvalue weighted by molar-refractivity contribution is 5.71. The highest BCUT2D eigenvalue weighted by Crippen LogP contribution is 2.18. The number of hydrogen-bond acceptors (Lipinski definition) is 7. The average Bonchev–Trinajstić information content (AvgIpc) is 3.38. The first-order chi connectivity index (χ1) is 45.6. The lowest BCUT2D eigenvalue weighted by Crippen LogP contribution is -2.40. The standard InChI is InChI=1S/C84H145NO8/c1-6-8-10-12-14-16-18-20-22-24-26-28-30-32-34-36-37-38-39-40-41-42-43-44-45-47-49-51-53-55-57-59-61-63-65-67-69-71-73-75-82(87)93-80(79-92-84(83(88)89)90-77-76-85(3,4)5)78-91-81(86)74-72-70-68-66-64-62-60-58-56-54-52-50-48-46-35-33-31-29-27-25-23-21-19-17-15-13-11-9-7-2/h8-11,14-17,20-23,26-29,32,34,37-38,80,84H,6-7,12-13,18-19,24-25,30-31,33,35-36,39-79H2,1-5H3/p+1/b10-8-,11-9-,16-14-,17-15-,22-20-,23-21-,28-26-,29-27-,34-32-,38-37-. The van der Waals surface area contributed by atoms with Crippen LogP contribution in [-0.4, -0.2) is 87.4 Å². The Kier molecular flexibility index (Phi) is 70.1. The fourth-order valence-corrected chi connectivity index (χ4v) is 10.9. The van der Waals surface area contributed by atoms with Gasteiger partial charge >= 0.3 is 17.9 Å². The summed E-state index contributed by atoms with van der Waals surface area (Å²) in [6.07, 6.45) is 102. The van der Waals surface area contributed by atoms with Crippen molar-refractivity contribution >= 4 is 17.9 Å². The first-order valence-electron chi connectivity index (χ1n) is 38.7. The quantitative estimate of drug-likeness (QED) is 0.0211. The first kappa shape index (κ1) is 88.7. The third kappa shape index (κ3) is 74.9. The van der Waals surface area contributed by atoms with Crippen LogP contribution < -0.4 is 0 Å². The van der Waals surface area contributed by atoms with Gasteiger partial charge in [-0.2, -0.15) is 0 Å². The summed E-state index contributed by atoms with van der Waals surface area (Å²) in [6, 6.07) is 0. The maximum Gasteiger partial charge on any atom is 0.361 e. The van der Waals surface area contributed by atoms with Crippen LogP contribution in [0.25, 0.3) is 0 Å². The van der Waals surface area contributed by atoms with Crippen molar-refractivity contribution in [2.24, 2.45) is 0 Å². The summed E-state index contributed by atoms with van der Waals surface area (Å²) in [5.41, 5.74) is 0. The van der Waals surface area contributed by atoms with Gasteiger partial charge in [0, 0.05) is 12.8 Å². The molecule has 2 unspecified atom stereocenters. The predicted molar refractivity (Wildman–Crippen MR) is 401 cm³/mol. The topological polar surface area (TPSA) is 108 Å². The van der Waals surface area contributed by atoms with Gasteiger partial charge < -0.3 is 28.5 Å². The number of quaternary nitrogens is 1. The van der Waals surface area contributed by atoms with E-state index in [1.807, 2.05) is 21.1 Å². The van der Waals surface area contributed by atoms with Crippen molar-refractivity contribution in [2.45, 2.75) is 347 Å². The van der Waals surface area contributed by atoms with E-state index in [0.717, 1.165) is 103 Å². The van der Waals surface area contributed by atoms with Gasteiger partial charge in [-0.3, -0.25) is 9.59 Å². The van der Waals surface area contributed by atoms with Gasteiger partial charge in [0.25, 0.3) is 6.29 Å². The van der Waals surface area contributed by atoms with Gasteiger partial charge in [0.15, 0.2) is 6.10 Å². The Morgan fingerprint density at radius 3 is 0.860 bits per heavy atom. The van der Waals surface area contributed by atoms with Gasteiger partial charge in [-0.25, -0.2) is 4.79 Å². The van der Waals surface area contributed by atoms with Gasteiger partial charge in [-0.15, -0.1) is 0 Å². The number of hydrogen-bond donors (Lipinski definition) is 1. The maximum atomic E-state index is 13.0. The van der Waals surface area contributed by atoms with Crippen LogP contribution in [0.5, 0.6) is 0 Å². The molecule has 0 aliphatic rings. The lowest BCUT2D eigenvalue weighted by molar-refractivity contribution is -0.870. The molecule has 0 aromatic carbocycles. The minimum Gasteiger partial charge on any atom is -0.477 e. The number of ether oxygens (including phenoxy) is 4. The lowest BCUT2D eigenvalue weighted by atomic mass is 10.0. The summed E-state index contributed by atoms with van der Waals surface area (Å²) in [5.74, 6) is -1.99. The number of carbonyl (C=O) groups excluding carboxylic acids is 2. The number of carbonyl (C=O) groups is 3. The first-order valence-corrected chi connectivity index (χ1v) is 38.7. The van der Waals surface area contributed by atoms with Gasteiger partial charge in [-0.05, 0) is 103 Å². The molecule has 2 atom stereocenters. The second-order valence-corrected chi connectivity index (χ2v) is 26.9. The summed E-state index contributed by atoms with van der Waals surface area (Å²) in [6.45, 7) is 4.69. The van der Waals surface area contributed by atoms with E-state index in [2.05, 4.69) is 135 Å². The van der Waals surface area contributed by atoms with Crippen LogP contribution in [0, 0.1) is 0 Å². The lowest BCUT2D eigenvalue weighted by Gasteiger charge is -2.25. The third-order valence-electron chi connectivity index (χ3n) is 16.7. The molecule has 9 nitrogen and oxygen atoms in total. The molecule has 0 rings (SSSR count). The van der Waals surface area contributed by atoms with Crippen LogP contribution >= 0.6 is 0 Å². The molecule has 0 heterocycles. The zero-order valence-electron chi connectivity index (χ0n) is 61.1. The van der Waals surface area contributed by atoms with Crippen molar-refractivity contribution in [3.63, 3.8) is 0 Å². The molecular weight excluding hydrogens is 1150 g/mol. The van der Waals surface area contributed by atoms with Crippen LogP contribution in [0.4, 0.5) is 0 Å². The van der Waals surface area contributed by atoms with Crippen molar-refractivity contribution in [3.8, 4) is 0 Å². The minimum atomic E-state index is -1.51. The fraction of sp³-hybridized carbons (Fsp3) is 0.726. The van der Waals surface area contributed by atoms with Gasteiger partial charge in [0.05, 0.1) is 34.4 Å². The van der Waals surface area contributed by atoms with E-state index in [4.69, 9.17) is 18.9 Å². The molecule has 0 aromatic heterocycles. The summed E-state index contributed by atoms with van der Waals surface area (Å²) in [5, 5.41) is 9.77. The molecule has 0 aliphatic carbocycles. The van der Waals surface area contributed by atoms with E-state index < -0.39 is 24.3 Å². The van der Waals surface area contributed by atoms with E-state index in [-0.39, 0.29) is 32.2 Å². The molecule has 0 saturated heterocycles. The Bertz CT molecular complexity index is 1950. The van der Waals surface area contributed by atoms with Gasteiger partial charge in [0.1, 0.15) is 13.2 Å². The Labute approximate surface area is 574 Å². The van der Waals surface area contributed by atoms with Crippen LogP contribution in [0.15, 0.2) is 122 Å². The number of likely N-dealkylation sites (N-methyl/N-ethyl adjacent to an activating group) is 1. The molecule has 534 valence electrons. The third-order valence-corrected chi connectivity index (χ3v) is 16.7. The van der Waals surface area contributed by atoms with E-state index in [0.29, 0.717) is 17.4 Å². The number of rotatable bonds is 71. The number of nitrogens with zero attached hydrogens (tertiary/aromatic N) is 1. The molecule has 1 N–H and O–H groups in total. The summed E-state index contributed by atoms with van der Waals surface area (Å²) in [7, 11) is 5.99. The van der Waals surface area contributed by atoms with E-state index in [9.17, 15) is 19.5 Å². The van der Waals surface area contributed by atoms with Crippen molar-refractivity contribution in [1.82, 2.24) is 0 Å². The largest absolute Gasteiger partial charge is 0.477 e. The molecular formula is C84H146NO8+. The molecule has 0 saturated carbocycles. The Morgan fingerprint density at radius 1 is 0.323 bits per heavy atom. The monoisotopic (exact) mass is 1300 g/mol. The summed E-state index contributed by atoms with van der Waals surface area (Å²) >= 11 is 0. The Hall–Kier alpha value is -4.31.